The Morgan fingerprint density at radius 3 is 2.60 bits per heavy atom. The van der Waals surface area contributed by atoms with E-state index in [4.69, 9.17) is 21.4 Å². The summed E-state index contributed by atoms with van der Waals surface area (Å²) in [6, 6.07) is 7.09. The van der Waals surface area contributed by atoms with Crippen LogP contribution in [0.25, 0.3) is 0 Å². The number of rotatable bonds is 4. The molecule has 1 rings (SSSR count). The highest BCUT2D eigenvalue weighted by atomic mass is 35.5. The smallest absolute Gasteiger partial charge is 0.306 e. The van der Waals surface area contributed by atoms with Crippen LogP contribution >= 0.6 is 11.6 Å². The van der Waals surface area contributed by atoms with Gasteiger partial charge >= 0.3 is 5.97 Å². The molecule has 0 aliphatic rings. The number of ether oxygens (including phenoxy) is 1. The van der Waals surface area contributed by atoms with Gasteiger partial charge in [-0.1, -0.05) is 29.8 Å². The van der Waals surface area contributed by atoms with Gasteiger partial charge in [-0.05, 0) is 13.0 Å². The van der Waals surface area contributed by atoms with Crippen LogP contribution in [0.4, 0.5) is 0 Å². The third-order valence-electron chi connectivity index (χ3n) is 2.38. The van der Waals surface area contributed by atoms with E-state index >= 15 is 0 Å². The van der Waals surface area contributed by atoms with Crippen molar-refractivity contribution in [1.29, 1.82) is 0 Å². The van der Waals surface area contributed by atoms with Crippen molar-refractivity contribution in [3.63, 3.8) is 0 Å². The van der Waals surface area contributed by atoms with Crippen molar-refractivity contribution >= 4 is 17.6 Å². The highest BCUT2D eigenvalue weighted by Crippen LogP contribution is 2.33. The van der Waals surface area contributed by atoms with Crippen molar-refractivity contribution in [3.05, 3.63) is 34.9 Å². The maximum Gasteiger partial charge on any atom is 0.306 e. The predicted octanol–water partition coefficient (Wildman–Crippen LogP) is 2.68. The van der Waals surface area contributed by atoms with Gasteiger partial charge in [0.15, 0.2) is 0 Å². The summed E-state index contributed by atoms with van der Waals surface area (Å²) in [6.07, 6.45) is -0.118. The number of hydrogen-bond donors (Lipinski definition) is 1. The van der Waals surface area contributed by atoms with Crippen molar-refractivity contribution < 1.29 is 14.6 Å². The molecule has 0 amide bonds. The minimum absolute atomic E-state index is 0.118. The van der Waals surface area contributed by atoms with Crippen molar-refractivity contribution in [3.8, 4) is 0 Å². The summed E-state index contributed by atoms with van der Waals surface area (Å²) in [5.41, 5.74) is -0.193. The van der Waals surface area contributed by atoms with Crippen LogP contribution in [0.1, 0.15) is 18.9 Å². The minimum Gasteiger partial charge on any atom is -0.481 e. The molecule has 1 atom stereocenters. The second-order valence-corrected chi connectivity index (χ2v) is 3.89. The average Bonchev–Trinajstić information content (AvgIpc) is 2.17. The summed E-state index contributed by atoms with van der Waals surface area (Å²) in [6.45, 7) is 1.71. The van der Waals surface area contributed by atoms with E-state index in [1.807, 2.05) is 0 Å². The number of halogens is 1. The molecule has 3 nitrogen and oxygen atoms in total. The second kappa shape index (κ2) is 4.64. The number of aliphatic carboxylic acids is 1. The maximum absolute atomic E-state index is 10.7. The lowest BCUT2D eigenvalue weighted by molar-refractivity contribution is -0.143. The molecule has 0 fully saturated rings. The summed E-state index contributed by atoms with van der Waals surface area (Å²) >= 11 is 6.00. The molecule has 1 unspecified atom stereocenters. The fourth-order valence-corrected chi connectivity index (χ4v) is 1.79. The summed E-state index contributed by atoms with van der Waals surface area (Å²) in [4.78, 5) is 10.7. The molecule has 0 spiro atoms. The van der Waals surface area contributed by atoms with E-state index in [-0.39, 0.29) is 6.42 Å². The van der Waals surface area contributed by atoms with Gasteiger partial charge in [-0.2, -0.15) is 0 Å². The van der Waals surface area contributed by atoms with Crippen molar-refractivity contribution in [2.75, 3.05) is 7.11 Å². The predicted molar refractivity (Wildman–Crippen MR) is 58.1 cm³/mol. The number of benzene rings is 1. The van der Waals surface area contributed by atoms with E-state index in [0.717, 1.165) is 0 Å². The summed E-state index contributed by atoms with van der Waals surface area (Å²) in [7, 11) is 1.48. The van der Waals surface area contributed by atoms with Gasteiger partial charge in [0.05, 0.1) is 6.42 Å². The summed E-state index contributed by atoms with van der Waals surface area (Å²) < 4.78 is 5.25. The van der Waals surface area contributed by atoms with E-state index in [9.17, 15) is 4.79 Å². The molecule has 0 aliphatic carbocycles. The van der Waals surface area contributed by atoms with E-state index in [1.165, 1.54) is 7.11 Å². The number of hydrogen-bond acceptors (Lipinski definition) is 2. The molecular weight excluding hydrogens is 216 g/mol. The molecule has 4 heteroatoms. The Balaban J connectivity index is 3.11. The lowest BCUT2D eigenvalue weighted by Gasteiger charge is -2.27. The van der Waals surface area contributed by atoms with Gasteiger partial charge in [-0.25, -0.2) is 0 Å². The monoisotopic (exact) mass is 228 g/mol. The van der Waals surface area contributed by atoms with Crippen LogP contribution in [-0.4, -0.2) is 18.2 Å². The van der Waals surface area contributed by atoms with Gasteiger partial charge in [0.1, 0.15) is 5.60 Å². The third kappa shape index (κ3) is 2.70. The van der Waals surface area contributed by atoms with E-state index < -0.39 is 11.6 Å². The van der Waals surface area contributed by atoms with Gasteiger partial charge in [-0.15, -0.1) is 0 Å². The fraction of sp³-hybridized carbons (Fsp3) is 0.364. The van der Waals surface area contributed by atoms with Crippen LogP contribution in [0.2, 0.25) is 5.02 Å². The largest absolute Gasteiger partial charge is 0.481 e. The molecule has 82 valence electrons. The fourth-order valence-electron chi connectivity index (χ4n) is 1.46. The Labute approximate surface area is 93.6 Å². The first-order valence-corrected chi connectivity index (χ1v) is 4.89. The number of methoxy groups -OCH3 is 1. The van der Waals surface area contributed by atoms with Gasteiger partial charge in [-0.3, -0.25) is 4.79 Å². The zero-order valence-electron chi connectivity index (χ0n) is 8.66. The molecule has 1 aromatic carbocycles. The standard InChI is InChI=1S/C11H13ClO3/c1-11(15-2,7-10(13)14)8-5-3-4-6-9(8)12/h3-6H,7H2,1-2H3,(H,13,14). The van der Waals surface area contributed by atoms with Gasteiger partial charge in [0.25, 0.3) is 0 Å². The van der Waals surface area contributed by atoms with E-state index in [2.05, 4.69) is 0 Å². The lowest BCUT2D eigenvalue weighted by Crippen LogP contribution is -2.28. The Bertz CT molecular complexity index is 365. The SMILES string of the molecule is COC(C)(CC(=O)O)c1ccccc1Cl. The van der Waals surface area contributed by atoms with Crippen LogP contribution < -0.4 is 0 Å². The van der Waals surface area contributed by atoms with Gasteiger partial charge in [0.2, 0.25) is 0 Å². The topological polar surface area (TPSA) is 46.5 Å². The number of carboxylic acid groups (broad SMARTS) is 1. The van der Waals surface area contributed by atoms with Crippen molar-refractivity contribution in [2.24, 2.45) is 0 Å². The molecule has 0 saturated heterocycles. The molecule has 15 heavy (non-hydrogen) atoms. The van der Waals surface area contributed by atoms with Crippen LogP contribution in [0, 0.1) is 0 Å². The Hall–Kier alpha value is -1.06. The van der Waals surface area contributed by atoms with Gasteiger partial charge in [0, 0.05) is 17.7 Å². The summed E-state index contributed by atoms with van der Waals surface area (Å²) in [5.74, 6) is -0.917. The van der Waals surface area contributed by atoms with Crippen LogP contribution in [-0.2, 0) is 15.1 Å². The highest BCUT2D eigenvalue weighted by Gasteiger charge is 2.31. The Kier molecular flexibility index (Phi) is 3.72. The average molecular weight is 229 g/mol. The molecule has 1 aromatic rings. The molecule has 0 radical (unpaired) electrons. The lowest BCUT2D eigenvalue weighted by atomic mass is 9.92. The van der Waals surface area contributed by atoms with Crippen LogP contribution in [0.5, 0.6) is 0 Å². The number of carboxylic acids is 1. The number of carbonyl (C=O) groups is 1. The van der Waals surface area contributed by atoms with E-state index in [1.54, 1.807) is 31.2 Å². The first-order valence-electron chi connectivity index (χ1n) is 4.51. The van der Waals surface area contributed by atoms with Crippen molar-refractivity contribution in [1.82, 2.24) is 0 Å². The highest BCUT2D eigenvalue weighted by molar-refractivity contribution is 6.31. The minimum atomic E-state index is -0.917. The molecule has 0 bridgehead atoms. The summed E-state index contributed by atoms with van der Waals surface area (Å²) in [5, 5.41) is 9.33. The molecule has 0 aromatic heterocycles. The molecule has 0 aliphatic heterocycles. The van der Waals surface area contributed by atoms with Crippen LogP contribution in [0.3, 0.4) is 0 Å². The zero-order valence-corrected chi connectivity index (χ0v) is 9.41. The molecular formula is C11H13ClO3. The Morgan fingerprint density at radius 2 is 2.13 bits per heavy atom. The van der Waals surface area contributed by atoms with Gasteiger partial charge < -0.3 is 9.84 Å². The molecule has 0 heterocycles. The molecule has 1 N–H and O–H groups in total. The third-order valence-corrected chi connectivity index (χ3v) is 2.71. The first-order chi connectivity index (χ1) is 6.99. The Morgan fingerprint density at radius 1 is 1.53 bits per heavy atom. The van der Waals surface area contributed by atoms with Crippen LogP contribution in [0.15, 0.2) is 24.3 Å². The maximum atomic E-state index is 10.7. The first kappa shape index (κ1) is 12.0. The quantitative estimate of drug-likeness (QED) is 0.862. The second-order valence-electron chi connectivity index (χ2n) is 3.49. The normalized spacial score (nSPS) is 14.6. The van der Waals surface area contributed by atoms with Crippen molar-refractivity contribution in [2.45, 2.75) is 18.9 Å². The molecule has 0 saturated carbocycles. The zero-order chi connectivity index (χ0) is 11.5. The van der Waals surface area contributed by atoms with E-state index in [0.29, 0.717) is 10.6 Å².